The highest BCUT2D eigenvalue weighted by molar-refractivity contribution is 5.93. The Hall–Kier alpha value is -2.04. The van der Waals surface area contributed by atoms with E-state index in [4.69, 9.17) is 5.73 Å². The summed E-state index contributed by atoms with van der Waals surface area (Å²) in [6, 6.07) is 8.72. The number of likely N-dealkylation sites (tertiary alicyclic amines) is 1. The Balaban J connectivity index is 2.04. The van der Waals surface area contributed by atoms with Gasteiger partial charge in [-0.2, -0.15) is 0 Å². The molecule has 2 unspecified atom stereocenters. The van der Waals surface area contributed by atoms with E-state index in [-0.39, 0.29) is 17.9 Å². The zero-order chi connectivity index (χ0) is 13.8. The number of benzene rings is 1. The molecule has 1 heterocycles. The molecule has 1 aromatic carbocycles. The number of carbonyl (C=O) groups is 2. The van der Waals surface area contributed by atoms with Crippen LogP contribution in [0.2, 0.25) is 0 Å². The van der Waals surface area contributed by atoms with Crippen molar-refractivity contribution in [3.05, 3.63) is 30.3 Å². The number of carbonyl (C=O) groups excluding carboxylic acids is 2. The molecule has 0 aromatic heterocycles. The van der Waals surface area contributed by atoms with Gasteiger partial charge < -0.3 is 16.0 Å². The lowest BCUT2D eigenvalue weighted by molar-refractivity contribution is -0.122. The lowest BCUT2D eigenvalue weighted by Crippen LogP contribution is -2.52. The molecule has 0 spiro atoms. The quantitative estimate of drug-likeness (QED) is 0.851. The van der Waals surface area contributed by atoms with E-state index in [0.717, 1.165) is 18.5 Å². The van der Waals surface area contributed by atoms with Crippen molar-refractivity contribution in [1.29, 1.82) is 0 Å². The first-order valence-electron chi connectivity index (χ1n) is 6.51. The van der Waals surface area contributed by atoms with Crippen molar-refractivity contribution in [2.45, 2.75) is 25.8 Å². The molecule has 2 rings (SSSR count). The van der Waals surface area contributed by atoms with Crippen LogP contribution in [0.1, 0.15) is 19.8 Å². The largest absolute Gasteiger partial charge is 0.351 e. The van der Waals surface area contributed by atoms with Gasteiger partial charge in [0.05, 0.1) is 5.92 Å². The summed E-state index contributed by atoms with van der Waals surface area (Å²) in [6.07, 6.45) is 1.59. The molecule has 5 nitrogen and oxygen atoms in total. The number of amides is 3. The summed E-state index contributed by atoms with van der Waals surface area (Å²) < 4.78 is 0. The van der Waals surface area contributed by atoms with Crippen molar-refractivity contribution in [1.82, 2.24) is 4.90 Å². The van der Waals surface area contributed by atoms with Gasteiger partial charge in [-0.25, -0.2) is 4.79 Å². The maximum Gasteiger partial charge on any atom is 0.315 e. The lowest BCUT2D eigenvalue weighted by Gasteiger charge is -2.37. The van der Waals surface area contributed by atoms with Crippen molar-refractivity contribution >= 4 is 17.6 Å². The molecule has 3 amide bonds. The Labute approximate surface area is 112 Å². The van der Waals surface area contributed by atoms with Gasteiger partial charge in [0.1, 0.15) is 0 Å². The maximum atomic E-state index is 12.3. The number of anilines is 1. The van der Waals surface area contributed by atoms with E-state index in [0.29, 0.717) is 6.54 Å². The third-order valence-corrected chi connectivity index (χ3v) is 3.65. The normalized spacial score (nSPS) is 22.9. The summed E-state index contributed by atoms with van der Waals surface area (Å²) >= 11 is 0. The van der Waals surface area contributed by atoms with Crippen LogP contribution >= 0.6 is 0 Å². The SMILES string of the molecule is CC1C(C(=O)Nc2ccccc2)CCCN1C(N)=O. The summed E-state index contributed by atoms with van der Waals surface area (Å²) in [5.74, 6) is -0.258. The molecule has 1 aliphatic heterocycles. The van der Waals surface area contributed by atoms with Crippen molar-refractivity contribution < 1.29 is 9.59 Å². The second kappa shape index (κ2) is 5.73. The minimum atomic E-state index is -0.454. The first-order valence-corrected chi connectivity index (χ1v) is 6.51. The van der Waals surface area contributed by atoms with Crippen LogP contribution < -0.4 is 11.1 Å². The van der Waals surface area contributed by atoms with Crippen LogP contribution in [0.3, 0.4) is 0 Å². The van der Waals surface area contributed by atoms with E-state index in [9.17, 15) is 9.59 Å². The number of nitrogens with zero attached hydrogens (tertiary/aromatic N) is 1. The van der Waals surface area contributed by atoms with Gasteiger partial charge in [-0.3, -0.25) is 4.79 Å². The van der Waals surface area contributed by atoms with Crippen LogP contribution in [-0.4, -0.2) is 29.4 Å². The number of nitrogens with one attached hydrogen (secondary N) is 1. The molecule has 19 heavy (non-hydrogen) atoms. The van der Waals surface area contributed by atoms with Crippen LogP contribution in [0, 0.1) is 5.92 Å². The summed E-state index contributed by atoms with van der Waals surface area (Å²) in [7, 11) is 0. The van der Waals surface area contributed by atoms with Gasteiger partial charge in [-0.15, -0.1) is 0 Å². The Morgan fingerprint density at radius 1 is 1.32 bits per heavy atom. The van der Waals surface area contributed by atoms with Crippen LogP contribution in [-0.2, 0) is 4.79 Å². The van der Waals surface area contributed by atoms with Gasteiger partial charge >= 0.3 is 6.03 Å². The molecule has 3 N–H and O–H groups in total. The first-order chi connectivity index (χ1) is 9.09. The van der Waals surface area contributed by atoms with Crippen LogP contribution in [0.15, 0.2) is 30.3 Å². The predicted molar refractivity (Wildman–Crippen MR) is 73.5 cm³/mol. The zero-order valence-corrected chi connectivity index (χ0v) is 11.0. The molecule has 1 fully saturated rings. The number of primary amides is 1. The molecule has 0 saturated carbocycles. The summed E-state index contributed by atoms with van der Waals surface area (Å²) in [6.45, 7) is 2.50. The third kappa shape index (κ3) is 3.05. The number of nitrogens with two attached hydrogens (primary N) is 1. The molecule has 102 valence electrons. The average molecular weight is 261 g/mol. The minimum absolute atomic E-state index is 0.0512. The number of urea groups is 1. The highest BCUT2D eigenvalue weighted by Gasteiger charge is 2.34. The molecular formula is C14H19N3O2. The van der Waals surface area contributed by atoms with Gasteiger partial charge in [0, 0.05) is 18.3 Å². The van der Waals surface area contributed by atoms with E-state index < -0.39 is 6.03 Å². The molecule has 1 saturated heterocycles. The number of hydrogen-bond donors (Lipinski definition) is 2. The van der Waals surface area contributed by atoms with Gasteiger partial charge in [0.25, 0.3) is 0 Å². The summed E-state index contributed by atoms with van der Waals surface area (Å²) in [5.41, 5.74) is 6.10. The highest BCUT2D eigenvalue weighted by Crippen LogP contribution is 2.24. The Bertz CT molecular complexity index is 461. The van der Waals surface area contributed by atoms with Gasteiger partial charge in [-0.1, -0.05) is 18.2 Å². The second-order valence-corrected chi connectivity index (χ2v) is 4.88. The standard InChI is InChI=1S/C14H19N3O2/c1-10-12(8-5-9-17(10)14(15)19)13(18)16-11-6-3-2-4-7-11/h2-4,6-7,10,12H,5,8-9H2,1H3,(H2,15,19)(H,16,18). The molecular weight excluding hydrogens is 242 g/mol. The van der Waals surface area contributed by atoms with Crippen LogP contribution in [0.4, 0.5) is 10.5 Å². The van der Waals surface area contributed by atoms with E-state index in [1.165, 1.54) is 0 Å². The predicted octanol–water partition coefficient (Wildman–Crippen LogP) is 1.80. The van der Waals surface area contributed by atoms with Gasteiger partial charge in [0.15, 0.2) is 0 Å². The number of hydrogen-bond acceptors (Lipinski definition) is 2. The summed E-state index contributed by atoms with van der Waals surface area (Å²) in [5, 5.41) is 2.88. The second-order valence-electron chi connectivity index (χ2n) is 4.88. The van der Waals surface area contributed by atoms with E-state index in [1.54, 1.807) is 4.90 Å². The van der Waals surface area contributed by atoms with E-state index in [1.807, 2.05) is 37.3 Å². The van der Waals surface area contributed by atoms with Crippen molar-refractivity contribution in [3.8, 4) is 0 Å². The Morgan fingerprint density at radius 3 is 2.63 bits per heavy atom. The van der Waals surface area contributed by atoms with Crippen molar-refractivity contribution in [2.24, 2.45) is 11.7 Å². The topological polar surface area (TPSA) is 75.4 Å². The lowest BCUT2D eigenvalue weighted by atomic mass is 9.89. The van der Waals surface area contributed by atoms with Crippen LogP contribution in [0.25, 0.3) is 0 Å². The molecule has 0 bridgehead atoms. The third-order valence-electron chi connectivity index (χ3n) is 3.65. The fourth-order valence-corrected chi connectivity index (χ4v) is 2.56. The van der Waals surface area contributed by atoms with Crippen molar-refractivity contribution in [2.75, 3.05) is 11.9 Å². The fraction of sp³-hybridized carbons (Fsp3) is 0.429. The molecule has 2 atom stereocenters. The zero-order valence-electron chi connectivity index (χ0n) is 11.0. The Kier molecular flexibility index (Phi) is 4.04. The van der Waals surface area contributed by atoms with Crippen LogP contribution in [0.5, 0.6) is 0 Å². The van der Waals surface area contributed by atoms with E-state index in [2.05, 4.69) is 5.32 Å². The van der Waals surface area contributed by atoms with Gasteiger partial charge in [-0.05, 0) is 31.9 Å². The maximum absolute atomic E-state index is 12.3. The first kappa shape index (κ1) is 13.4. The Morgan fingerprint density at radius 2 is 2.00 bits per heavy atom. The van der Waals surface area contributed by atoms with E-state index >= 15 is 0 Å². The van der Waals surface area contributed by atoms with Gasteiger partial charge in [0.2, 0.25) is 5.91 Å². The molecule has 1 aliphatic rings. The highest BCUT2D eigenvalue weighted by atomic mass is 16.2. The molecule has 0 radical (unpaired) electrons. The fourth-order valence-electron chi connectivity index (χ4n) is 2.56. The number of para-hydroxylation sites is 1. The summed E-state index contributed by atoms with van der Waals surface area (Å²) in [4.78, 5) is 25.1. The molecule has 0 aliphatic carbocycles. The van der Waals surface area contributed by atoms with Crippen molar-refractivity contribution in [3.63, 3.8) is 0 Å². The molecule has 1 aromatic rings. The number of piperidine rings is 1. The average Bonchev–Trinajstić information content (AvgIpc) is 2.39. The number of rotatable bonds is 2. The smallest absolute Gasteiger partial charge is 0.315 e. The minimum Gasteiger partial charge on any atom is -0.351 e. The molecule has 5 heteroatoms. The monoisotopic (exact) mass is 261 g/mol.